The summed E-state index contributed by atoms with van der Waals surface area (Å²) in [6.07, 6.45) is 2.34. The summed E-state index contributed by atoms with van der Waals surface area (Å²) in [5, 5.41) is 2.55. The van der Waals surface area contributed by atoms with Crippen LogP contribution in [0.15, 0.2) is 18.2 Å². The van der Waals surface area contributed by atoms with Crippen LogP contribution in [0.25, 0.3) is 0 Å². The molecule has 21 heavy (non-hydrogen) atoms. The van der Waals surface area contributed by atoms with E-state index in [4.69, 9.17) is 4.74 Å². The molecule has 0 aliphatic carbocycles. The highest BCUT2D eigenvalue weighted by atomic mass is 32.2. The Balaban J connectivity index is 2.81. The van der Waals surface area contributed by atoms with Gasteiger partial charge in [-0.25, -0.2) is 9.18 Å². The summed E-state index contributed by atoms with van der Waals surface area (Å²) < 4.78 is 23.0. The van der Waals surface area contributed by atoms with Crippen LogP contribution in [0.2, 0.25) is 0 Å². The number of amides is 1. The van der Waals surface area contributed by atoms with Crippen LogP contribution in [0.4, 0.5) is 4.39 Å². The van der Waals surface area contributed by atoms with Gasteiger partial charge in [-0.2, -0.15) is 11.8 Å². The van der Waals surface area contributed by atoms with Crippen molar-refractivity contribution in [1.82, 2.24) is 5.32 Å². The molecule has 0 aliphatic rings. The fraction of sp³-hybridized carbons (Fsp3) is 0.429. The van der Waals surface area contributed by atoms with E-state index in [2.05, 4.69) is 10.1 Å². The van der Waals surface area contributed by atoms with Crippen molar-refractivity contribution in [1.29, 1.82) is 0 Å². The van der Waals surface area contributed by atoms with Gasteiger partial charge in [-0.15, -0.1) is 0 Å². The van der Waals surface area contributed by atoms with Crippen LogP contribution in [0.1, 0.15) is 16.8 Å². The van der Waals surface area contributed by atoms with E-state index in [9.17, 15) is 14.0 Å². The van der Waals surface area contributed by atoms with Crippen LogP contribution < -0.4 is 10.1 Å². The predicted octanol–water partition coefficient (Wildman–Crippen LogP) is 1.86. The number of benzene rings is 1. The van der Waals surface area contributed by atoms with Crippen LogP contribution in [0, 0.1) is 5.82 Å². The molecule has 0 saturated heterocycles. The van der Waals surface area contributed by atoms with Crippen LogP contribution in [-0.2, 0) is 9.53 Å². The molecule has 7 heteroatoms. The van der Waals surface area contributed by atoms with Crippen LogP contribution in [-0.4, -0.2) is 44.1 Å². The van der Waals surface area contributed by atoms with Crippen molar-refractivity contribution in [2.75, 3.05) is 26.2 Å². The molecule has 116 valence electrons. The standard InChI is InChI=1S/C14H18FNO4S/c1-19-12-5-4-9(8-10(12)15)13(17)16-11(6-7-21-3)14(18)20-2/h4-5,8,11H,6-7H2,1-3H3,(H,16,17)/t11-/m1/s1. The number of rotatable bonds is 7. The van der Waals surface area contributed by atoms with Gasteiger partial charge in [0.15, 0.2) is 11.6 Å². The molecule has 1 aromatic carbocycles. The Morgan fingerprint density at radius 1 is 1.38 bits per heavy atom. The highest BCUT2D eigenvalue weighted by Crippen LogP contribution is 2.17. The number of esters is 1. The summed E-state index contributed by atoms with van der Waals surface area (Å²) in [6, 6.07) is 3.11. The Hall–Kier alpha value is -1.76. The van der Waals surface area contributed by atoms with Crippen LogP contribution in [0.3, 0.4) is 0 Å². The zero-order valence-corrected chi connectivity index (χ0v) is 13.0. The lowest BCUT2D eigenvalue weighted by molar-refractivity contribution is -0.142. The summed E-state index contributed by atoms with van der Waals surface area (Å²) in [6.45, 7) is 0. The second-order valence-corrected chi connectivity index (χ2v) is 5.17. The van der Waals surface area contributed by atoms with E-state index < -0.39 is 23.7 Å². The van der Waals surface area contributed by atoms with Crippen molar-refractivity contribution in [3.8, 4) is 5.75 Å². The fourth-order valence-electron chi connectivity index (χ4n) is 1.68. The van der Waals surface area contributed by atoms with Gasteiger partial charge < -0.3 is 14.8 Å². The summed E-state index contributed by atoms with van der Waals surface area (Å²) in [7, 11) is 2.60. The number of methoxy groups -OCH3 is 2. The molecule has 1 amide bonds. The Morgan fingerprint density at radius 3 is 2.62 bits per heavy atom. The zero-order chi connectivity index (χ0) is 15.8. The molecular formula is C14H18FNO4S. The maximum Gasteiger partial charge on any atom is 0.328 e. The second kappa shape index (κ2) is 8.51. The third-order valence-corrected chi connectivity index (χ3v) is 3.46. The second-order valence-electron chi connectivity index (χ2n) is 4.18. The minimum absolute atomic E-state index is 0.0541. The van der Waals surface area contributed by atoms with E-state index in [1.807, 2.05) is 6.26 Å². The van der Waals surface area contributed by atoms with Gasteiger partial charge in [-0.3, -0.25) is 4.79 Å². The predicted molar refractivity (Wildman–Crippen MR) is 79.2 cm³/mol. The van der Waals surface area contributed by atoms with Gasteiger partial charge in [0.1, 0.15) is 6.04 Å². The Labute approximate surface area is 127 Å². The maximum absolute atomic E-state index is 13.6. The molecule has 0 saturated carbocycles. The van der Waals surface area contributed by atoms with Gasteiger partial charge in [0.25, 0.3) is 5.91 Å². The number of nitrogens with one attached hydrogen (secondary N) is 1. The highest BCUT2D eigenvalue weighted by Gasteiger charge is 2.22. The molecular weight excluding hydrogens is 297 g/mol. The number of hydrogen-bond donors (Lipinski definition) is 1. The normalized spacial score (nSPS) is 11.6. The Kier molecular flexibility index (Phi) is 7.01. The van der Waals surface area contributed by atoms with Gasteiger partial charge >= 0.3 is 5.97 Å². The first kappa shape index (κ1) is 17.3. The molecule has 0 aliphatic heterocycles. The largest absolute Gasteiger partial charge is 0.494 e. The summed E-state index contributed by atoms with van der Waals surface area (Å²) in [5.41, 5.74) is 0.117. The molecule has 0 spiro atoms. The Morgan fingerprint density at radius 2 is 2.10 bits per heavy atom. The molecule has 0 unspecified atom stereocenters. The fourth-order valence-corrected chi connectivity index (χ4v) is 2.15. The third-order valence-electron chi connectivity index (χ3n) is 2.82. The number of thioether (sulfide) groups is 1. The van der Waals surface area contributed by atoms with Gasteiger partial charge in [-0.1, -0.05) is 0 Å². The first-order chi connectivity index (χ1) is 10.0. The highest BCUT2D eigenvalue weighted by molar-refractivity contribution is 7.98. The summed E-state index contributed by atoms with van der Waals surface area (Å²) >= 11 is 1.55. The van der Waals surface area contributed by atoms with E-state index in [0.29, 0.717) is 12.2 Å². The van der Waals surface area contributed by atoms with Gasteiger partial charge in [-0.05, 0) is 36.6 Å². The molecule has 1 rings (SSSR count). The van der Waals surface area contributed by atoms with Gasteiger partial charge in [0.05, 0.1) is 14.2 Å². The van der Waals surface area contributed by atoms with Crippen molar-refractivity contribution < 1.29 is 23.5 Å². The quantitative estimate of drug-likeness (QED) is 0.778. The molecule has 0 fully saturated rings. The molecule has 1 aromatic rings. The topological polar surface area (TPSA) is 64.6 Å². The van der Waals surface area contributed by atoms with Crippen molar-refractivity contribution in [2.45, 2.75) is 12.5 Å². The lowest BCUT2D eigenvalue weighted by Gasteiger charge is -2.16. The minimum Gasteiger partial charge on any atom is -0.494 e. The molecule has 0 aromatic heterocycles. The first-order valence-electron chi connectivity index (χ1n) is 6.24. The van der Waals surface area contributed by atoms with Crippen molar-refractivity contribution in [3.05, 3.63) is 29.6 Å². The van der Waals surface area contributed by atoms with Crippen molar-refractivity contribution >= 4 is 23.6 Å². The Bertz CT molecular complexity index is 510. The smallest absolute Gasteiger partial charge is 0.328 e. The average molecular weight is 315 g/mol. The molecule has 1 atom stereocenters. The molecule has 0 heterocycles. The summed E-state index contributed by atoms with van der Waals surface area (Å²) in [5.74, 6) is -0.946. The maximum atomic E-state index is 13.6. The lowest BCUT2D eigenvalue weighted by atomic mass is 10.1. The van der Waals surface area contributed by atoms with E-state index in [1.165, 1.54) is 26.4 Å². The van der Waals surface area contributed by atoms with E-state index in [1.54, 1.807) is 11.8 Å². The van der Waals surface area contributed by atoms with Crippen molar-refractivity contribution in [3.63, 3.8) is 0 Å². The SMILES string of the molecule is COC(=O)[C@@H](CCSC)NC(=O)c1ccc(OC)c(F)c1. The molecule has 1 N–H and O–H groups in total. The lowest BCUT2D eigenvalue weighted by Crippen LogP contribution is -2.42. The average Bonchev–Trinajstić information content (AvgIpc) is 2.50. The minimum atomic E-state index is -0.750. The molecule has 0 bridgehead atoms. The molecule has 5 nitrogen and oxygen atoms in total. The summed E-state index contributed by atoms with van der Waals surface area (Å²) in [4.78, 5) is 23.7. The molecule has 0 radical (unpaired) electrons. The van der Waals surface area contributed by atoms with E-state index in [0.717, 1.165) is 6.07 Å². The van der Waals surface area contributed by atoms with Gasteiger partial charge in [0.2, 0.25) is 0 Å². The van der Waals surface area contributed by atoms with E-state index >= 15 is 0 Å². The number of ether oxygens (including phenoxy) is 2. The van der Waals surface area contributed by atoms with E-state index in [-0.39, 0.29) is 11.3 Å². The number of carbonyl (C=O) groups excluding carboxylic acids is 2. The zero-order valence-electron chi connectivity index (χ0n) is 12.1. The number of halogens is 1. The number of hydrogen-bond acceptors (Lipinski definition) is 5. The number of carbonyl (C=O) groups is 2. The monoisotopic (exact) mass is 315 g/mol. The first-order valence-corrected chi connectivity index (χ1v) is 7.64. The third kappa shape index (κ3) is 4.93. The van der Waals surface area contributed by atoms with Crippen molar-refractivity contribution in [2.24, 2.45) is 0 Å². The van der Waals surface area contributed by atoms with Gasteiger partial charge in [0, 0.05) is 5.56 Å². The van der Waals surface area contributed by atoms with Crippen LogP contribution >= 0.6 is 11.8 Å². The van der Waals surface area contributed by atoms with Crippen LogP contribution in [0.5, 0.6) is 5.75 Å².